The fraction of sp³-hybridized carbons (Fsp3) is 0.805. The van der Waals surface area contributed by atoms with E-state index in [0.717, 1.165) is 155 Å². The molecule has 2 aromatic rings. The third kappa shape index (κ3) is 41.1. The van der Waals surface area contributed by atoms with Crippen LogP contribution in [0.25, 0.3) is 0 Å². The molecule has 4 rings (SSSR count). The van der Waals surface area contributed by atoms with Gasteiger partial charge in [-0.2, -0.15) is 0 Å². The second-order valence-electron chi connectivity index (χ2n) is 14.3. The zero-order valence-electron chi connectivity index (χ0n) is 37.7. The molecule has 60 heavy (non-hydrogen) atoms. The number of nitrogens with one attached hydrogen (secondary N) is 2. The molecule has 2 aliphatic heterocycles. The van der Waals surface area contributed by atoms with Gasteiger partial charge in [0.05, 0.1) is 19.5 Å². The summed E-state index contributed by atoms with van der Waals surface area (Å²) in [7, 11) is 0. The Bertz CT molecular complexity index is 982. The molecular formula is C41H94N18O. The van der Waals surface area contributed by atoms with Crippen LogP contribution in [0.1, 0.15) is 49.8 Å². The van der Waals surface area contributed by atoms with Crippen molar-refractivity contribution in [3.05, 3.63) is 48.3 Å². The normalized spacial score (nSPS) is 14.0. The van der Waals surface area contributed by atoms with Gasteiger partial charge in [-0.25, -0.2) is 4.98 Å². The summed E-state index contributed by atoms with van der Waals surface area (Å²) < 4.78 is 5.16. The number of H-pyrrole nitrogens is 1. The van der Waals surface area contributed by atoms with E-state index in [1.165, 1.54) is 38.8 Å². The summed E-state index contributed by atoms with van der Waals surface area (Å²) in [5.41, 5.74) is 56.3. The lowest BCUT2D eigenvalue weighted by atomic mass is 10.2. The number of ether oxygens (including phenoxy) is 1. The second-order valence-corrected chi connectivity index (χ2v) is 14.3. The van der Waals surface area contributed by atoms with Crippen molar-refractivity contribution in [1.82, 2.24) is 39.9 Å². The number of nitrogens with zero attached hydrogens (tertiary/aromatic N) is 6. The van der Waals surface area contributed by atoms with E-state index in [0.29, 0.717) is 32.7 Å². The average molecular weight is 855 g/mol. The number of hydrogen-bond donors (Lipinski definition) is 12. The van der Waals surface area contributed by atoms with Gasteiger partial charge in [0.2, 0.25) is 0 Å². The summed E-state index contributed by atoms with van der Waals surface area (Å²) in [6.07, 6.45) is 15.1. The first kappa shape index (κ1) is 59.8. The summed E-state index contributed by atoms with van der Waals surface area (Å²) in [6.45, 7) is 23.8. The highest BCUT2D eigenvalue weighted by Gasteiger charge is 2.08. The van der Waals surface area contributed by atoms with Crippen molar-refractivity contribution in [2.75, 3.05) is 164 Å². The third-order valence-electron chi connectivity index (χ3n) is 9.30. The largest absolute Gasteiger partial charge is 0.379 e. The van der Waals surface area contributed by atoms with Crippen molar-refractivity contribution >= 4 is 0 Å². The van der Waals surface area contributed by atoms with Crippen LogP contribution in [0.4, 0.5) is 0 Å². The molecule has 354 valence electrons. The number of aromatic nitrogens is 3. The number of pyridine rings is 1. The van der Waals surface area contributed by atoms with Crippen molar-refractivity contribution in [2.45, 2.75) is 51.5 Å². The monoisotopic (exact) mass is 855 g/mol. The minimum absolute atomic E-state index is 0.600. The highest BCUT2D eigenvalue weighted by Crippen LogP contribution is 2.02. The number of unbranched alkanes of at least 4 members (excludes halogenated alkanes) is 4. The van der Waals surface area contributed by atoms with Crippen LogP contribution in [0.3, 0.4) is 0 Å². The van der Waals surface area contributed by atoms with Crippen molar-refractivity contribution in [2.24, 2.45) is 57.3 Å². The third-order valence-corrected chi connectivity index (χ3v) is 9.30. The lowest BCUT2D eigenvalue weighted by Crippen LogP contribution is -2.45. The Morgan fingerprint density at radius 3 is 1.40 bits per heavy atom. The van der Waals surface area contributed by atoms with Crippen LogP contribution < -0.4 is 62.7 Å². The molecule has 0 aliphatic carbocycles. The standard InChI is InChI=1S/C12H30N4.C6H18N4.C6H15N3.C6H14N2O.C6H8N2.C5H9N3/c13-7-3-1-5-10-16(12-9-15)11-6-2-4-8-14;7-1-4-10(5-2-8)6-3-9;7-1-4-9-5-2-8-3-6-9;7-1-2-8-3-5-9-6-4-8;7-5-6-1-3-8-4-2-6;6-2-1-5-3-7-4-8-5/h1-15H2;1-9H2;8H,1-7H2;1-7H2;1-4H,5,7H2;3-4H,1-2,6H2,(H,7,8). The van der Waals surface area contributed by atoms with Crippen LogP contribution in [0.2, 0.25) is 0 Å². The van der Waals surface area contributed by atoms with Gasteiger partial charge in [0.25, 0.3) is 0 Å². The summed E-state index contributed by atoms with van der Waals surface area (Å²) in [4.78, 5) is 20.0. The van der Waals surface area contributed by atoms with E-state index in [1.54, 1.807) is 24.9 Å². The molecule has 2 fully saturated rings. The summed E-state index contributed by atoms with van der Waals surface area (Å²) >= 11 is 0. The van der Waals surface area contributed by atoms with Crippen LogP contribution in [0.15, 0.2) is 37.1 Å². The molecule has 19 nitrogen and oxygen atoms in total. The first-order valence-electron chi connectivity index (χ1n) is 22.5. The Balaban J connectivity index is 0. The van der Waals surface area contributed by atoms with Crippen molar-refractivity contribution in [3.63, 3.8) is 0 Å². The molecule has 0 unspecified atom stereocenters. The van der Waals surface area contributed by atoms with E-state index in [1.807, 2.05) is 12.1 Å². The van der Waals surface area contributed by atoms with E-state index in [-0.39, 0.29) is 0 Å². The zero-order valence-corrected chi connectivity index (χ0v) is 37.7. The molecule has 19 heteroatoms. The fourth-order valence-corrected chi connectivity index (χ4v) is 5.93. The maximum atomic E-state index is 5.61. The molecule has 2 saturated heterocycles. The van der Waals surface area contributed by atoms with Crippen molar-refractivity contribution in [1.29, 1.82) is 0 Å². The SMILES string of the molecule is NCCCCCN(CCN)CCCCCN.NCCN(CCN)CCN.NCCN1CCNCC1.NCCN1CCOCC1.NCCc1cnc[nH]1.NCc1ccncc1. The number of morpholine rings is 1. The maximum Gasteiger partial charge on any atom is 0.0921 e. The quantitative estimate of drug-likeness (QED) is 0.0450. The average Bonchev–Trinajstić information content (AvgIpc) is 3.80. The fourth-order valence-electron chi connectivity index (χ4n) is 5.93. The molecule has 0 amide bonds. The van der Waals surface area contributed by atoms with E-state index >= 15 is 0 Å². The van der Waals surface area contributed by atoms with E-state index in [4.69, 9.17) is 62.1 Å². The predicted molar refractivity (Wildman–Crippen MR) is 253 cm³/mol. The predicted octanol–water partition coefficient (Wildman–Crippen LogP) is -2.75. The Kier molecular flexibility index (Phi) is 49.2. The molecule has 4 heterocycles. The van der Waals surface area contributed by atoms with Gasteiger partial charge in [-0.15, -0.1) is 0 Å². The Morgan fingerprint density at radius 2 is 1.02 bits per heavy atom. The molecule has 22 N–H and O–H groups in total. The number of imidazole rings is 1. The van der Waals surface area contributed by atoms with Gasteiger partial charge in [-0.05, 0) is 76.1 Å². The van der Waals surface area contributed by atoms with Gasteiger partial charge in [0.15, 0.2) is 0 Å². The maximum absolute atomic E-state index is 5.61. The second kappa shape index (κ2) is 49.4. The number of hydrogen-bond acceptors (Lipinski definition) is 18. The number of rotatable bonds is 25. The lowest BCUT2D eigenvalue weighted by molar-refractivity contribution is 0.0394. The summed E-state index contributed by atoms with van der Waals surface area (Å²) in [6, 6.07) is 3.81. The Hall–Kier alpha value is -2.28. The molecule has 0 radical (unpaired) electrons. The van der Waals surface area contributed by atoms with E-state index in [9.17, 15) is 0 Å². The van der Waals surface area contributed by atoms with Gasteiger partial charge >= 0.3 is 0 Å². The van der Waals surface area contributed by atoms with Gasteiger partial charge in [-0.3, -0.25) is 19.7 Å². The molecule has 0 saturated carbocycles. The number of piperazine rings is 1. The van der Waals surface area contributed by atoms with Gasteiger partial charge in [0, 0.05) is 155 Å². The molecular weight excluding hydrogens is 761 g/mol. The Morgan fingerprint density at radius 1 is 0.533 bits per heavy atom. The smallest absolute Gasteiger partial charge is 0.0921 e. The topological polar surface area (TPSA) is 336 Å². The summed E-state index contributed by atoms with van der Waals surface area (Å²) in [5.74, 6) is 0. The van der Waals surface area contributed by atoms with Crippen LogP contribution in [0.5, 0.6) is 0 Å². The van der Waals surface area contributed by atoms with Gasteiger partial charge < -0.3 is 77.3 Å². The van der Waals surface area contributed by atoms with Crippen LogP contribution >= 0.6 is 0 Å². The number of aromatic amines is 1. The molecule has 0 atom stereocenters. The molecule has 2 aliphatic rings. The molecule has 0 aromatic carbocycles. The van der Waals surface area contributed by atoms with E-state index < -0.39 is 0 Å². The van der Waals surface area contributed by atoms with Gasteiger partial charge in [-0.1, -0.05) is 12.8 Å². The minimum Gasteiger partial charge on any atom is -0.379 e. The van der Waals surface area contributed by atoms with Gasteiger partial charge in [0.1, 0.15) is 0 Å². The highest BCUT2D eigenvalue weighted by atomic mass is 16.5. The highest BCUT2D eigenvalue weighted by molar-refractivity contribution is 5.08. The minimum atomic E-state index is 0.600. The Labute approximate surface area is 364 Å². The zero-order chi connectivity index (χ0) is 44.6. The molecule has 0 spiro atoms. The lowest BCUT2D eigenvalue weighted by Gasteiger charge is -2.26. The summed E-state index contributed by atoms with van der Waals surface area (Å²) in [5, 5.41) is 3.29. The van der Waals surface area contributed by atoms with Crippen molar-refractivity contribution < 1.29 is 4.74 Å². The first-order valence-corrected chi connectivity index (χ1v) is 22.5. The molecule has 0 bridgehead atoms. The van der Waals surface area contributed by atoms with Crippen molar-refractivity contribution in [3.8, 4) is 0 Å². The first-order chi connectivity index (χ1) is 29.4. The van der Waals surface area contributed by atoms with Crippen LogP contribution in [-0.4, -0.2) is 198 Å². The van der Waals surface area contributed by atoms with Crippen LogP contribution in [0, 0.1) is 0 Å². The van der Waals surface area contributed by atoms with Crippen LogP contribution in [-0.2, 0) is 17.7 Å². The molecule has 2 aromatic heterocycles. The van der Waals surface area contributed by atoms with E-state index in [2.05, 4.69) is 39.9 Å². The number of nitrogens with two attached hydrogens (primary N) is 10.